The number of rotatable bonds is 6. The van der Waals surface area contributed by atoms with E-state index in [0.717, 1.165) is 63.6 Å². The van der Waals surface area contributed by atoms with Gasteiger partial charge < -0.3 is 15.0 Å². The molecule has 21 heavy (non-hydrogen) atoms. The van der Waals surface area contributed by atoms with Gasteiger partial charge in [-0.25, -0.2) is 9.97 Å². The van der Waals surface area contributed by atoms with Crippen LogP contribution < -0.4 is 5.32 Å². The van der Waals surface area contributed by atoms with Crippen LogP contribution in [0.3, 0.4) is 0 Å². The van der Waals surface area contributed by atoms with Gasteiger partial charge in [0.25, 0.3) is 0 Å². The van der Waals surface area contributed by atoms with Crippen LogP contribution in [0.4, 0.5) is 5.82 Å². The lowest BCUT2D eigenvalue weighted by Gasteiger charge is -2.15. The second-order valence-corrected chi connectivity index (χ2v) is 5.65. The minimum atomic E-state index is 0.292. The highest BCUT2D eigenvalue weighted by atomic mass is 16.5. The maximum Gasteiger partial charge on any atom is 0.222 e. The summed E-state index contributed by atoms with van der Waals surface area (Å²) < 4.78 is 5.40. The molecule has 6 heteroatoms. The number of anilines is 1. The second kappa shape index (κ2) is 6.85. The van der Waals surface area contributed by atoms with Crippen LogP contribution in [0, 0.1) is 0 Å². The predicted octanol–water partition coefficient (Wildman–Crippen LogP) is 1.40. The van der Waals surface area contributed by atoms with Gasteiger partial charge in [-0.05, 0) is 19.3 Å². The average molecular weight is 290 g/mol. The Labute approximate surface area is 124 Å². The smallest absolute Gasteiger partial charge is 0.222 e. The minimum Gasteiger partial charge on any atom is -0.381 e. The van der Waals surface area contributed by atoms with Crippen LogP contribution in [-0.4, -0.2) is 53.6 Å². The number of hydrogen-bond donors (Lipinski definition) is 1. The molecule has 3 heterocycles. The number of nitrogens with one attached hydrogen (secondary N) is 1. The lowest BCUT2D eigenvalue weighted by atomic mass is 10.1. The minimum absolute atomic E-state index is 0.292. The van der Waals surface area contributed by atoms with E-state index < -0.39 is 0 Å². The Morgan fingerprint density at radius 2 is 2.38 bits per heavy atom. The van der Waals surface area contributed by atoms with Crippen molar-refractivity contribution in [2.24, 2.45) is 0 Å². The van der Waals surface area contributed by atoms with E-state index in [2.05, 4.69) is 15.3 Å². The summed E-state index contributed by atoms with van der Waals surface area (Å²) in [5.74, 6) is 1.55. The number of likely N-dealkylation sites (tertiary alicyclic amines) is 1. The first-order valence-corrected chi connectivity index (χ1v) is 7.74. The number of ether oxygens (including phenoxy) is 1. The fourth-order valence-electron chi connectivity index (χ4n) is 2.89. The summed E-state index contributed by atoms with van der Waals surface area (Å²) in [6.07, 6.45) is 5.31. The molecule has 1 aromatic rings. The molecule has 0 spiro atoms. The molecule has 0 saturated carbocycles. The Morgan fingerprint density at radius 1 is 1.43 bits per heavy atom. The highest BCUT2D eigenvalue weighted by Gasteiger charge is 2.20. The van der Waals surface area contributed by atoms with Gasteiger partial charge in [-0.15, -0.1) is 0 Å². The van der Waals surface area contributed by atoms with E-state index in [9.17, 15) is 4.79 Å². The monoisotopic (exact) mass is 290 g/mol. The van der Waals surface area contributed by atoms with E-state index in [0.29, 0.717) is 18.2 Å². The Kier molecular flexibility index (Phi) is 4.65. The Balaban J connectivity index is 1.44. The van der Waals surface area contributed by atoms with Crippen molar-refractivity contribution in [2.45, 2.75) is 31.6 Å². The molecule has 0 aliphatic carbocycles. The van der Waals surface area contributed by atoms with E-state index in [1.807, 2.05) is 11.0 Å². The third kappa shape index (κ3) is 3.69. The Bertz CT molecular complexity index is 488. The van der Waals surface area contributed by atoms with Crippen LogP contribution in [0.5, 0.6) is 0 Å². The molecule has 2 fully saturated rings. The highest BCUT2D eigenvalue weighted by molar-refractivity contribution is 5.77. The van der Waals surface area contributed by atoms with Crippen molar-refractivity contribution in [3.8, 4) is 0 Å². The maximum absolute atomic E-state index is 11.5. The van der Waals surface area contributed by atoms with Gasteiger partial charge in [0.2, 0.25) is 5.91 Å². The van der Waals surface area contributed by atoms with Crippen molar-refractivity contribution >= 4 is 11.7 Å². The maximum atomic E-state index is 11.5. The van der Waals surface area contributed by atoms with Crippen LogP contribution in [-0.2, 0) is 9.53 Å². The van der Waals surface area contributed by atoms with Gasteiger partial charge in [0.15, 0.2) is 0 Å². The van der Waals surface area contributed by atoms with Crippen LogP contribution >= 0.6 is 0 Å². The van der Waals surface area contributed by atoms with E-state index in [4.69, 9.17) is 4.74 Å². The summed E-state index contributed by atoms with van der Waals surface area (Å²) >= 11 is 0. The van der Waals surface area contributed by atoms with Crippen molar-refractivity contribution in [3.63, 3.8) is 0 Å². The normalized spacial score (nSPS) is 22.0. The summed E-state index contributed by atoms with van der Waals surface area (Å²) in [6.45, 7) is 4.15. The van der Waals surface area contributed by atoms with Gasteiger partial charge in [-0.1, -0.05) is 0 Å². The van der Waals surface area contributed by atoms with Crippen LogP contribution in [0.2, 0.25) is 0 Å². The first kappa shape index (κ1) is 14.3. The zero-order valence-electron chi connectivity index (χ0n) is 12.3. The van der Waals surface area contributed by atoms with Crippen molar-refractivity contribution < 1.29 is 9.53 Å². The van der Waals surface area contributed by atoms with Gasteiger partial charge in [0.05, 0.1) is 12.3 Å². The predicted molar refractivity (Wildman–Crippen MR) is 79.1 cm³/mol. The van der Waals surface area contributed by atoms with Gasteiger partial charge in [-0.3, -0.25) is 4.79 Å². The van der Waals surface area contributed by atoms with Crippen molar-refractivity contribution in [1.82, 2.24) is 14.9 Å². The lowest BCUT2D eigenvalue weighted by Crippen LogP contribution is -2.27. The fourth-order valence-corrected chi connectivity index (χ4v) is 2.89. The summed E-state index contributed by atoms with van der Waals surface area (Å²) in [5, 5.41) is 3.32. The third-order valence-corrected chi connectivity index (χ3v) is 4.12. The average Bonchev–Trinajstić information content (AvgIpc) is 3.16. The molecule has 3 rings (SSSR count). The summed E-state index contributed by atoms with van der Waals surface area (Å²) in [6, 6.07) is 2.01. The SMILES string of the molecule is O=C1CCCN1CCCNc1cc(C2CCOC2)ncn1. The molecule has 2 saturated heterocycles. The zero-order chi connectivity index (χ0) is 14.5. The molecule has 0 aromatic carbocycles. The molecule has 1 aromatic heterocycles. The van der Waals surface area contributed by atoms with E-state index >= 15 is 0 Å². The van der Waals surface area contributed by atoms with Crippen molar-refractivity contribution in [1.29, 1.82) is 0 Å². The molecule has 0 bridgehead atoms. The molecule has 0 radical (unpaired) electrons. The Morgan fingerprint density at radius 3 is 3.14 bits per heavy atom. The van der Waals surface area contributed by atoms with Crippen LogP contribution in [0.1, 0.15) is 37.3 Å². The molecule has 2 aliphatic heterocycles. The summed E-state index contributed by atoms with van der Waals surface area (Å²) in [5.41, 5.74) is 1.06. The van der Waals surface area contributed by atoms with Crippen molar-refractivity contribution in [2.75, 3.05) is 38.2 Å². The molecular formula is C15H22N4O2. The number of amides is 1. The molecule has 114 valence electrons. The first-order valence-electron chi connectivity index (χ1n) is 7.74. The second-order valence-electron chi connectivity index (χ2n) is 5.65. The quantitative estimate of drug-likeness (QED) is 0.802. The van der Waals surface area contributed by atoms with Crippen LogP contribution in [0.25, 0.3) is 0 Å². The number of carbonyl (C=O) groups excluding carboxylic acids is 1. The summed E-state index contributed by atoms with van der Waals surface area (Å²) in [7, 11) is 0. The lowest BCUT2D eigenvalue weighted by molar-refractivity contribution is -0.127. The van der Waals surface area contributed by atoms with Gasteiger partial charge in [0, 0.05) is 44.6 Å². The molecule has 1 atom stereocenters. The molecule has 2 aliphatic rings. The first-order chi connectivity index (χ1) is 10.3. The van der Waals surface area contributed by atoms with E-state index in [1.165, 1.54) is 0 Å². The van der Waals surface area contributed by atoms with Gasteiger partial charge in [0.1, 0.15) is 12.1 Å². The Hall–Kier alpha value is -1.69. The fraction of sp³-hybridized carbons (Fsp3) is 0.667. The molecular weight excluding hydrogens is 268 g/mol. The molecule has 1 amide bonds. The topological polar surface area (TPSA) is 67.4 Å². The summed E-state index contributed by atoms with van der Waals surface area (Å²) in [4.78, 5) is 22.0. The molecule has 1 unspecified atom stereocenters. The number of carbonyl (C=O) groups is 1. The highest BCUT2D eigenvalue weighted by Crippen LogP contribution is 2.24. The van der Waals surface area contributed by atoms with E-state index in [1.54, 1.807) is 6.33 Å². The third-order valence-electron chi connectivity index (χ3n) is 4.12. The van der Waals surface area contributed by atoms with Crippen molar-refractivity contribution in [3.05, 3.63) is 18.1 Å². The van der Waals surface area contributed by atoms with Gasteiger partial charge >= 0.3 is 0 Å². The molecule has 1 N–H and O–H groups in total. The molecule has 6 nitrogen and oxygen atoms in total. The van der Waals surface area contributed by atoms with Crippen LogP contribution in [0.15, 0.2) is 12.4 Å². The van der Waals surface area contributed by atoms with E-state index in [-0.39, 0.29) is 0 Å². The number of aromatic nitrogens is 2. The number of nitrogens with zero attached hydrogens (tertiary/aromatic N) is 3. The number of hydrogen-bond acceptors (Lipinski definition) is 5. The largest absolute Gasteiger partial charge is 0.381 e. The van der Waals surface area contributed by atoms with Gasteiger partial charge in [-0.2, -0.15) is 0 Å². The zero-order valence-corrected chi connectivity index (χ0v) is 12.3. The standard InChI is InChI=1S/C15H22N4O2/c20-15-3-1-6-19(15)7-2-5-16-14-9-13(17-11-18-14)12-4-8-21-10-12/h9,11-12H,1-8,10H2,(H,16,17,18).